The number of ether oxygens (including phenoxy) is 2. The van der Waals surface area contributed by atoms with Crippen LogP contribution >= 0.6 is 12.4 Å². The largest absolute Gasteiger partial charge is 0.494 e. The second-order valence-electron chi connectivity index (χ2n) is 10.5. The first kappa shape index (κ1) is 30.6. The predicted molar refractivity (Wildman–Crippen MR) is 152 cm³/mol. The van der Waals surface area contributed by atoms with Crippen molar-refractivity contribution in [3.8, 4) is 5.75 Å². The smallest absolute Gasteiger partial charge is 0.119 e. The molecule has 0 aliphatic carbocycles. The van der Waals surface area contributed by atoms with E-state index in [1.54, 1.807) is 0 Å². The highest BCUT2D eigenvalue weighted by Crippen LogP contribution is 2.42. The van der Waals surface area contributed by atoms with E-state index in [0.717, 1.165) is 76.5 Å². The van der Waals surface area contributed by atoms with Crippen molar-refractivity contribution in [2.45, 2.75) is 77.2 Å². The molecule has 1 aliphatic heterocycles. The van der Waals surface area contributed by atoms with Gasteiger partial charge in [0.05, 0.1) is 25.4 Å². The van der Waals surface area contributed by atoms with E-state index in [0.29, 0.717) is 5.92 Å². The molecule has 1 aliphatic rings. The molecule has 0 bridgehead atoms. The van der Waals surface area contributed by atoms with Crippen LogP contribution in [0.4, 0.5) is 0 Å². The van der Waals surface area contributed by atoms with E-state index < -0.39 is 5.60 Å². The van der Waals surface area contributed by atoms with Gasteiger partial charge in [0.1, 0.15) is 5.75 Å². The molecule has 36 heavy (non-hydrogen) atoms. The standard InChI is InChI=1S/C31H47NO3.ClH/c1-4-5-6-7-11-19-31(33,28-14-16-29(17-15-28)35-22-18-26(2)3)30(27-12-9-8-10-13-27)25-32-20-23-34-24-21-32;/h8-10,12-17,26,30,33H,4-7,11,18-25H2,1-3H3;1H. The molecule has 0 aromatic heterocycles. The monoisotopic (exact) mass is 517 g/mol. The lowest BCUT2D eigenvalue weighted by Crippen LogP contribution is -2.45. The van der Waals surface area contributed by atoms with E-state index in [1.807, 2.05) is 12.1 Å². The minimum Gasteiger partial charge on any atom is -0.494 e. The summed E-state index contributed by atoms with van der Waals surface area (Å²) in [5, 5.41) is 12.5. The van der Waals surface area contributed by atoms with Crippen LogP contribution < -0.4 is 4.74 Å². The quantitative estimate of drug-likeness (QED) is 0.254. The lowest BCUT2D eigenvalue weighted by molar-refractivity contribution is -0.0296. The summed E-state index contributed by atoms with van der Waals surface area (Å²) in [6, 6.07) is 18.8. The summed E-state index contributed by atoms with van der Waals surface area (Å²) in [6.07, 6.45) is 7.70. The van der Waals surface area contributed by atoms with Crippen LogP contribution in [0.5, 0.6) is 5.75 Å². The maximum Gasteiger partial charge on any atom is 0.119 e. The second kappa shape index (κ2) is 16.3. The fraction of sp³-hybridized carbons (Fsp3) is 0.613. The minimum absolute atomic E-state index is 0. The Morgan fingerprint density at radius 3 is 2.25 bits per heavy atom. The van der Waals surface area contributed by atoms with Crippen molar-refractivity contribution in [3.63, 3.8) is 0 Å². The van der Waals surface area contributed by atoms with Crippen LogP contribution in [-0.2, 0) is 10.3 Å². The SMILES string of the molecule is CCCCCCCC(O)(c1ccc(OCCC(C)C)cc1)C(CN1CCOCC1)c1ccccc1.Cl. The lowest BCUT2D eigenvalue weighted by atomic mass is 9.73. The van der Waals surface area contributed by atoms with E-state index in [4.69, 9.17) is 9.47 Å². The van der Waals surface area contributed by atoms with Crippen molar-refractivity contribution in [1.29, 1.82) is 0 Å². The molecule has 1 heterocycles. The molecule has 2 atom stereocenters. The fourth-order valence-electron chi connectivity index (χ4n) is 5.03. The Bertz CT molecular complexity index is 823. The minimum atomic E-state index is -0.942. The molecule has 1 fully saturated rings. The maximum absolute atomic E-state index is 12.5. The zero-order valence-electron chi connectivity index (χ0n) is 22.7. The van der Waals surface area contributed by atoms with Gasteiger partial charge in [0, 0.05) is 25.6 Å². The molecule has 0 spiro atoms. The van der Waals surface area contributed by atoms with Crippen molar-refractivity contribution in [3.05, 3.63) is 65.7 Å². The number of benzene rings is 2. The van der Waals surface area contributed by atoms with Crippen LogP contribution in [0.3, 0.4) is 0 Å². The van der Waals surface area contributed by atoms with E-state index in [-0.39, 0.29) is 18.3 Å². The molecule has 4 nitrogen and oxygen atoms in total. The highest BCUT2D eigenvalue weighted by molar-refractivity contribution is 5.85. The molecule has 2 unspecified atom stereocenters. The Hall–Kier alpha value is -1.59. The molecular formula is C31H48ClNO3. The summed E-state index contributed by atoms with van der Waals surface area (Å²) in [4.78, 5) is 2.45. The first-order valence-electron chi connectivity index (χ1n) is 13.8. The van der Waals surface area contributed by atoms with Crippen LogP contribution in [0.15, 0.2) is 54.6 Å². The van der Waals surface area contributed by atoms with Crippen LogP contribution in [0.2, 0.25) is 0 Å². The van der Waals surface area contributed by atoms with Crippen molar-refractivity contribution in [1.82, 2.24) is 4.90 Å². The topological polar surface area (TPSA) is 41.9 Å². The average Bonchev–Trinajstić information content (AvgIpc) is 2.88. The summed E-state index contributed by atoms with van der Waals surface area (Å²) in [6.45, 7) is 11.6. The molecule has 2 aromatic rings. The van der Waals surface area contributed by atoms with E-state index in [1.165, 1.54) is 24.8 Å². The third kappa shape index (κ3) is 9.37. The van der Waals surface area contributed by atoms with Crippen LogP contribution in [0.1, 0.15) is 82.8 Å². The molecule has 2 aromatic carbocycles. The second-order valence-corrected chi connectivity index (χ2v) is 10.5. The number of morpholine rings is 1. The van der Waals surface area contributed by atoms with Gasteiger partial charge < -0.3 is 14.6 Å². The predicted octanol–water partition coefficient (Wildman–Crippen LogP) is 7.20. The van der Waals surface area contributed by atoms with Crippen LogP contribution in [-0.4, -0.2) is 49.5 Å². The number of halogens is 1. The number of hydrogen-bond donors (Lipinski definition) is 1. The van der Waals surface area contributed by atoms with Gasteiger partial charge in [0.25, 0.3) is 0 Å². The summed E-state index contributed by atoms with van der Waals surface area (Å²) >= 11 is 0. The number of rotatable bonds is 15. The zero-order chi connectivity index (χ0) is 24.9. The van der Waals surface area contributed by atoms with Crippen molar-refractivity contribution in [2.75, 3.05) is 39.5 Å². The van der Waals surface area contributed by atoms with Gasteiger partial charge in [0.15, 0.2) is 0 Å². The van der Waals surface area contributed by atoms with Gasteiger partial charge in [-0.15, -0.1) is 12.4 Å². The van der Waals surface area contributed by atoms with Crippen molar-refractivity contribution < 1.29 is 14.6 Å². The van der Waals surface area contributed by atoms with Gasteiger partial charge in [-0.3, -0.25) is 4.90 Å². The Kier molecular flexibility index (Phi) is 13.9. The molecule has 0 saturated carbocycles. The molecule has 5 heteroatoms. The Labute approximate surface area is 225 Å². The molecule has 202 valence electrons. The lowest BCUT2D eigenvalue weighted by Gasteiger charge is -2.41. The molecule has 1 N–H and O–H groups in total. The fourth-order valence-corrected chi connectivity index (χ4v) is 5.03. The molecule has 3 rings (SSSR count). The molecule has 0 radical (unpaired) electrons. The molecular weight excluding hydrogens is 470 g/mol. The first-order valence-corrected chi connectivity index (χ1v) is 13.8. The number of nitrogens with zero attached hydrogens (tertiary/aromatic N) is 1. The average molecular weight is 518 g/mol. The third-order valence-electron chi connectivity index (χ3n) is 7.30. The van der Waals surface area contributed by atoms with Crippen molar-refractivity contribution in [2.24, 2.45) is 5.92 Å². The summed E-state index contributed by atoms with van der Waals surface area (Å²) in [7, 11) is 0. The van der Waals surface area contributed by atoms with Gasteiger partial charge in [0.2, 0.25) is 0 Å². The van der Waals surface area contributed by atoms with Crippen molar-refractivity contribution >= 4 is 12.4 Å². The summed E-state index contributed by atoms with van der Waals surface area (Å²) in [5.41, 5.74) is 1.25. The summed E-state index contributed by atoms with van der Waals surface area (Å²) in [5.74, 6) is 1.49. The van der Waals surface area contributed by atoms with E-state index in [2.05, 4.69) is 68.1 Å². The zero-order valence-corrected chi connectivity index (χ0v) is 23.5. The Morgan fingerprint density at radius 1 is 0.944 bits per heavy atom. The van der Waals surface area contributed by atoms with Crippen LogP contribution in [0.25, 0.3) is 0 Å². The van der Waals surface area contributed by atoms with Gasteiger partial charge in [-0.1, -0.05) is 95.3 Å². The Morgan fingerprint density at radius 2 is 1.61 bits per heavy atom. The highest BCUT2D eigenvalue weighted by atomic mass is 35.5. The maximum atomic E-state index is 12.5. The van der Waals surface area contributed by atoms with Crippen LogP contribution in [0, 0.1) is 5.92 Å². The number of unbranched alkanes of at least 4 members (excludes halogenated alkanes) is 4. The van der Waals surface area contributed by atoms with Gasteiger partial charge in [-0.2, -0.15) is 0 Å². The number of hydrogen-bond acceptors (Lipinski definition) is 4. The Balaban J connectivity index is 0.00000456. The van der Waals surface area contributed by atoms with E-state index >= 15 is 0 Å². The molecule has 1 saturated heterocycles. The normalized spacial score (nSPS) is 16.8. The van der Waals surface area contributed by atoms with Gasteiger partial charge in [-0.05, 0) is 42.0 Å². The van der Waals surface area contributed by atoms with E-state index in [9.17, 15) is 5.11 Å². The third-order valence-corrected chi connectivity index (χ3v) is 7.30. The first-order chi connectivity index (χ1) is 17.0. The van der Waals surface area contributed by atoms with Gasteiger partial charge in [-0.25, -0.2) is 0 Å². The highest BCUT2D eigenvalue weighted by Gasteiger charge is 2.40. The van der Waals surface area contributed by atoms with Gasteiger partial charge >= 0.3 is 0 Å². The molecule has 0 amide bonds. The summed E-state index contributed by atoms with van der Waals surface area (Å²) < 4.78 is 11.6. The number of aliphatic hydroxyl groups is 1.